The van der Waals surface area contributed by atoms with Gasteiger partial charge in [-0.2, -0.15) is 0 Å². The van der Waals surface area contributed by atoms with Crippen molar-refractivity contribution in [2.45, 2.75) is 32.9 Å². The lowest BCUT2D eigenvalue weighted by Crippen LogP contribution is -2.45. The van der Waals surface area contributed by atoms with E-state index >= 15 is 0 Å². The number of para-hydroxylation sites is 1. The SMILES string of the molecule is CC(C)NC(=O)c1ccccc1NC(=O)[C@H](C)N(c1ccc(F)cc1)S(C)(=O)=O. The second kappa shape index (κ2) is 9.04. The molecule has 0 saturated heterocycles. The van der Waals surface area contributed by atoms with Gasteiger partial charge < -0.3 is 10.6 Å². The topological polar surface area (TPSA) is 95.6 Å². The van der Waals surface area contributed by atoms with Crippen molar-refractivity contribution in [2.24, 2.45) is 0 Å². The van der Waals surface area contributed by atoms with E-state index in [4.69, 9.17) is 0 Å². The molecule has 0 aliphatic carbocycles. The zero-order chi connectivity index (χ0) is 21.8. The largest absolute Gasteiger partial charge is 0.350 e. The molecule has 2 amide bonds. The number of anilines is 2. The molecule has 0 aliphatic heterocycles. The minimum atomic E-state index is -3.84. The third-order valence-electron chi connectivity index (χ3n) is 4.02. The van der Waals surface area contributed by atoms with Crippen LogP contribution < -0.4 is 14.9 Å². The van der Waals surface area contributed by atoms with Crippen molar-refractivity contribution >= 4 is 33.2 Å². The molecule has 2 N–H and O–H groups in total. The van der Waals surface area contributed by atoms with E-state index in [1.54, 1.807) is 24.3 Å². The first-order valence-electron chi connectivity index (χ1n) is 8.96. The highest BCUT2D eigenvalue weighted by Gasteiger charge is 2.29. The average molecular weight is 421 g/mol. The van der Waals surface area contributed by atoms with Crippen LogP contribution in [-0.2, 0) is 14.8 Å². The Balaban J connectivity index is 2.32. The summed E-state index contributed by atoms with van der Waals surface area (Å²) in [6.45, 7) is 5.04. The van der Waals surface area contributed by atoms with Crippen LogP contribution in [0.4, 0.5) is 15.8 Å². The van der Waals surface area contributed by atoms with Crippen LogP contribution in [-0.4, -0.2) is 38.6 Å². The van der Waals surface area contributed by atoms with Gasteiger partial charge in [-0.1, -0.05) is 12.1 Å². The van der Waals surface area contributed by atoms with Crippen molar-refractivity contribution in [2.75, 3.05) is 15.9 Å². The molecular weight excluding hydrogens is 397 g/mol. The van der Waals surface area contributed by atoms with Crippen LogP contribution in [0, 0.1) is 5.82 Å². The van der Waals surface area contributed by atoms with Crippen LogP contribution in [0.1, 0.15) is 31.1 Å². The molecule has 2 aromatic rings. The molecule has 156 valence electrons. The molecule has 7 nitrogen and oxygen atoms in total. The van der Waals surface area contributed by atoms with Gasteiger partial charge in [0.1, 0.15) is 11.9 Å². The molecule has 1 atom stereocenters. The van der Waals surface area contributed by atoms with E-state index in [9.17, 15) is 22.4 Å². The van der Waals surface area contributed by atoms with Crippen molar-refractivity contribution in [1.82, 2.24) is 5.32 Å². The minimum absolute atomic E-state index is 0.0932. The Morgan fingerprint density at radius 1 is 1.00 bits per heavy atom. The first kappa shape index (κ1) is 22.4. The fourth-order valence-electron chi connectivity index (χ4n) is 2.76. The zero-order valence-electron chi connectivity index (χ0n) is 16.6. The van der Waals surface area contributed by atoms with Gasteiger partial charge in [-0.15, -0.1) is 0 Å². The summed E-state index contributed by atoms with van der Waals surface area (Å²) < 4.78 is 38.7. The first-order valence-corrected chi connectivity index (χ1v) is 10.8. The monoisotopic (exact) mass is 421 g/mol. The number of benzene rings is 2. The second-order valence-electron chi connectivity index (χ2n) is 6.87. The van der Waals surface area contributed by atoms with Gasteiger partial charge in [0, 0.05) is 6.04 Å². The smallest absolute Gasteiger partial charge is 0.253 e. The lowest BCUT2D eigenvalue weighted by molar-refractivity contribution is -0.116. The molecule has 29 heavy (non-hydrogen) atoms. The van der Waals surface area contributed by atoms with E-state index < -0.39 is 27.8 Å². The van der Waals surface area contributed by atoms with Crippen molar-refractivity contribution in [3.8, 4) is 0 Å². The molecule has 9 heteroatoms. The molecule has 0 spiro atoms. The van der Waals surface area contributed by atoms with Gasteiger partial charge in [0.15, 0.2) is 0 Å². The van der Waals surface area contributed by atoms with Crippen LogP contribution in [0.5, 0.6) is 0 Å². The molecule has 0 unspecified atom stereocenters. The van der Waals surface area contributed by atoms with E-state index in [0.29, 0.717) is 0 Å². The third kappa shape index (κ3) is 5.77. The van der Waals surface area contributed by atoms with Crippen LogP contribution >= 0.6 is 0 Å². The summed E-state index contributed by atoms with van der Waals surface area (Å²) in [5.74, 6) is -1.52. The third-order valence-corrected chi connectivity index (χ3v) is 5.26. The van der Waals surface area contributed by atoms with E-state index in [1.165, 1.54) is 19.1 Å². The van der Waals surface area contributed by atoms with Crippen molar-refractivity contribution < 1.29 is 22.4 Å². The number of hydrogen-bond acceptors (Lipinski definition) is 4. The number of nitrogens with one attached hydrogen (secondary N) is 2. The Morgan fingerprint density at radius 2 is 1.59 bits per heavy atom. The number of rotatable bonds is 7. The molecule has 0 radical (unpaired) electrons. The van der Waals surface area contributed by atoms with Crippen LogP contribution in [0.2, 0.25) is 0 Å². The Kier molecular flexibility index (Phi) is 6.97. The molecular formula is C20H24FN3O4S. The summed E-state index contributed by atoms with van der Waals surface area (Å²) in [7, 11) is -3.84. The summed E-state index contributed by atoms with van der Waals surface area (Å²) in [4.78, 5) is 25.2. The van der Waals surface area contributed by atoms with Crippen molar-refractivity contribution in [3.63, 3.8) is 0 Å². The molecule has 2 rings (SSSR count). The Morgan fingerprint density at radius 3 is 2.14 bits per heavy atom. The van der Waals surface area contributed by atoms with Gasteiger partial charge in [0.2, 0.25) is 15.9 Å². The highest BCUT2D eigenvalue weighted by molar-refractivity contribution is 7.92. The predicted molar refractivity (Wildman–Crippen MR) is 111 cm³/mol. The number of carbonyl (C=O) groups is 2. The molecule has 0 fully saturated rings. The van der Waals surface area contributed by atoms with Crippen molar-refractivity contribution in [3.05, 3.63) is 59.9 Å². The van der Waals surface area contributed by atoms with Crippen molar-refractivity contribution in [1.29, 1.82) is 0 Å². The summed E-state index contributed by atoms with van der Waals surface area (Å²) >= 11 is 0. The van der Waals surface area contributed by atoms with Gasteiger partial charge >= 0.3 is 0 Å². The number of halogens is 1. The highest BCUT2D eigenvalue weighted by Crippen LogP contribution is 2.23. The molecule has 0 saturated carbocycles. The standard InChI is InChI=1S/C20H24FN3O4S/c1-13(2)22-20(26)17-7-5-6-8-18(17)23-19(25)14(3)24(29(4,27)28)16-11-9-15(21)10-12-16/h5-14H,1-4H3,(H,22,26)(H,23,25)/t14-/m0/s1. The maximum atomic E-state index is 13.2. The Labute approximate surface area is 170 Å². The van der Waals surface area contributed by atoms with Crippen LogP contribution in [0.3, 0.4) is 0 Å². The van der Waals surface area contributed by atoms with E-state index in [2.05, 4.69) is 10.6 Å². The molecule has 0 aliphatic rings. The number of carbonyl (C=O) groups excluding carboxylic acids is 2. The summed E-state index contributed by atoms with van der Waals surface area (Å²) in [5, 5.41) is 5.37. The normalized spacial score (nSPS) is 12.3. The van der Waals surface area contributed by atoms with E-state index in [1.807, 2.05) is 13.8 Å². The number of nitrogens with zero attached hydrogens (tertiary/aromatic N) is 1. The maximum absolute atomic E-state index is 13.2. The molecule has 0 aromatic heterocycles. The van der Waals surface area contributed by atoms with Gasteiger partial charge in [0.05, 0.1) is 23.2 Å². The lowest BCUT2D eigenvalue weighted by Gasteiger charge is -2.28. The summed E-state index contributed by atoms with van der Waals surface area (Å²) in [6.07, 6.45) is 0.962. The average Bonchev–Trinajstić information content (AvgIpc) is 2.62. The number of sulfonamides is 1. The lowest BCUT2D eigenvalue weighted by atomic mass is 10.1. The minimum Gasteiger partial charge on any atom is -0.350 e. The second-order valence-corrected chi connectivity index (χ2v) is 8.73. The van der Waals surface area contributed by atoms with Crippen LogP contribution in [0.15, 0.2) is 48.5 Å². The number of amides is 2. The number of hydrogen-bond donors (Lipinski definition) is 2. The Hall–Kier alpha value is -2.94. The van der Waals surface area contributed by atoms with Crippen LogP contribution in [0.25, 0.3) is 0 Å². The van der Waals surface area contributed by atoms with Gasteiger partial charge in [-0.05, 0) is 57.2 Å². The Bertz CT molecular complexity index is 991. The molecule has 2 aromatic carbocycles. The van der Waals surface area contributed by atoms with E-state index in [-0.39, 0.29) is 28.9 Å². The highest BCUT2D eigenvalue weighted by atomic mass is 32.2. The van der Waals surface area contributed by atoms with E-state index in [0.717, 1.165) is 22.7 Å². The fraction of sp³-hybridized carbons (Fsp3) is 0.300. The van der Waals surface area contributed by atoms with Gasteiger partial charge in [0.25, 0.3) is 5.91 Å². The summed E-state index contributed by atoms with van der Waals surface area (Å²) in [5.41, 5.74) is 0.673. The zero-order valence-corrected chi connectivity index (χ0v) is 17.5. The predicted octanol–water partition coefficient (Wildman–Crippen LogP) is 2.76. The van der Waals surface area contributed by atoms with Gasteiger partial charge in [-0.25, -0.2) is 12.8 Å². The fourth-order valence-corrected chi connectivity index (χ4v) is 3.94. The first-order chi connectivity index (χ1) is 13.5. The maximum Gasteiger partial charge on any atom is 0.253 e. The quantitative estimate of drug-likeness (QED) is 0.719. The molecule has 0 heterocycles. The molecule has 0 bridgehead atoms. The summed E-state index contributed by atoms with van der Waals surface area (Å²) in [6, 6.07) is 9.99. The van der Waals surface area contributed by atoms with Gasteiger partial charge in [-0.3, -0.25) is 13.9 Å².